The van der Waals surface area contributed by atoms with E-state index in [4.69, 9.17) is 5.10 Å². The highest BCUT2D eigenvalue weighted by molar-refractivity contribution is 5.71. The zero-order valence-electron chi connectivity index (χ0n) is 16.3. The van der Waals surface area contributed by atoms with Gasteiger partial charge in [0.05, 0.1) is 17.1 Å². The first-order valence-electron chi connectivity index (χ1n) is 9.33. The molecule has 0 unspecified atom stereocenters. The van der Waals surface area contributed by atoms with E-state index in [1.54, 1.807) is 0 Å². The Morgan fingerprint density at radius 3 is 1.81 bits per heavy atom. The van der Waals surface area contributed by atoms with Crippen molar-refractivity contribution in [3.05, 3.63) is 95.1 Å². The van der Waals surface area contributed by atoms with Gasteiger partial charge in [-0.1, -0.05) is 42.5 Å². The summed E-state index contributed by atoms with van der Waals surface area (Å²) in [6.07, 6.45) is 0. The Morgan fingerprint density at radius 2 is 1.19 bits per heavy atom. The maximum absolute atomic E-state index is 4.97. The summed E-state index contributed by atoms with van der Waals surface area (Å²) in [7, 11) is 0. The van der Waals surface area contributed by atoms with Gasteiger partial charge < -0.3 is 0 Å². The number of hydrogen-bond acceptors (Lipinski definition) is 1. The van der Waals surface area contributed by atoms with Crippen LogP contribution in [0.25, 0.3) is 28.2 Å². The minimum Gasteiger partial charge on any atom is -0.232 e. The van der Waals surface area contributed by atoms with Crippen LogP contribution in [-0.4, -0.2) is 9.78 Å². The van der Waals surface area contributed by atoms with E-state index in [1.165, 1.54) is 27.8 Å². The molecule has 1 aromatic heterocycles. The fourth-order valence-corrected chi connectivity index (χ4v) is 3.30. The van der Waals surface area contributed by atoms with Crippen molar-refractivity contribution in [1.82, 2.24) is 9.78 Å². The molecule has 0 fully saturated rings. The highest BCUT2D eigenvalue weighted by Crippen LogP contribution is 2.30. The van der Waals surface area contributed by atoms with Gasteiger partial charge in [0.1, 0.15) is 0 Å². The molecule has 2 nitrogen and oxygen atoms in total. The molecule has 3 aromatic carbocycles. The van der Waals surface area contributed by atoms with E-state index in [-0.39, 0.29) is 0 Å². The normalized spacial score (nSPS) is 11.0. The van der Waals surface area contributed by atoms with Crippen LogP contribution in [0.5, 0.6) is 0 Å². The molecule has 0 aliphatic heterocycles. The van der Waals surface area contributed by atoms with Gasteiger partial charge in [-0.2, -0.15) is 5.10 Å². The molecule has 0 N–H and O–H groups in total. The van der Waals surface area contributed by atoms with Gasteiger partial charge in [-0.25, -0.2) is 4.68 Å². The van der Waals surface area contributed by atoms with Gasteiger partial charge in [0.15, 0.2) is 0 Å². The average Bonchev–Trinajstić information content (AvgIpc) is 3.12. The first-order valence-corrected chi connectivity index (χ1v) is 9.33. The Hall–Kier alpha value is -3.13. The van der Waals surface area contributed by atoms with Crippen molar-refractivity contribution in [2.75, 3.05) is 0 Å². The summed E-state index contributed by atoms with van der Waals surface area (Å²) in [5.41, 5.74) is 10.7. The first-order chi connectivity index (χ1) is 13.0. The van der Waals surface area contributed by atoms with Gasteiger partial charge >= 0.3 is 0 Å². The molecular formula is C25H24N2. The Morgan fingerprint density at radius 1 is 0.593 bits per heavy atom. The second kappa shape index (κ2) is 6.88. The zero-order chi connectivity index (χ0) is 19.0. The molecule has 0 amide bonds. The van der Waals surface area contributed by atoms with Crippen molar-refractivity contribution in [1.29, 1.82) is 0 Å². The number of para-hydroxylation sites is 1. The second-order valence-corrected chi connectivity index (χ2v) is 7.26. The van der Waals surface area contributed by atoms with Crippen LogP contribution >= 0.6 is 0 Å². The third-order valence-electron chi connectivity index (χ3n) is 5.32. The molecule has 0 aliphatic rings. The Kier molecular flexibility index (Phi) is 4.41. The van der Waals surface area contributed by atoms with Gasteiger partial charge in [0.25, 0.3) is 0 Å². The maximum atomic E-state index is 4.97. The smallest absolute Gasteiger partial charge is 0.0934 e. The topological polar surface area (TPSA) is 17.8 Å². The number of rotatable bonds is 3. The van der Waals surface area contributed by atoms with Crippen LogP contribution in [0.15, 0.2) is 72.8 Å². The molecule has 1 heterocycles. The molecule has 27 heavy (non-hydrogen) atoms. The minimum absolute atomic E-state index is 0.996. The molecule has 0 saturated heterocycles. The molecule has 0 bridgehead atoms. The summed E-state index contributed by atoms with van der Waals surface area (Å²) in [6, 6.07) is 25.7. The van der Waals surface area contributed by atoms with Crippen molar-refractivity contribution < 1.29 is 0 Å². The predicted molar refractivity (Wildman–Crippen MR) is 113 cm³/mol. The molecule has 4 aromatic rings. The quantitative estimate of drug-likeness (QED) is 0.415. The van der Waals surface area contributed by atoms with Gasteiger partial charge in [0.2, 0.25) is 0 Å². The number of hydrogen-bond donors (Lipinski definition) is 0. The van der Waals surface area contributed by atoms with Crippen molar-refractivity contribution >= 4 is 0 Å². The largest absolute Gasteiger partial charge is 0.232 e. The van der Waals surface area contributed by atoms with E-state index < -0.39 is 0 Å². The highest BCUT2D eigenvalue weighted by Gasteiger charge is 2.14. The predicted octanol–water partition coefficient (Wildman–Crippen LogP) is 6.44. The summed E-state index contributed by atoms with van der Waals surface area (Å²) in [5.74, 6) is 0. The molecule has 0 saturated carbocycles. The van der Waals surface area contributed by atoms with Crippen LogP contribution in [0, 0.1) is 27.7 Å². The zero-order valence-corrected chi connectivity index (χ0v) is 16.3. The lowest BCUT2D eigenvalue weighted by atomic mass is 10.0. The first kappa shape index (κ1) is 17.3. The van der Waals surface area contributed by atoms with Crippen molar-refractivity contribution in [3.63, 3.8) is 0 Å². The Labute approximate surface area is 161 Å². The Balaban J connectivity index is 1.92. The third kappa shape index (κ3) is 3.31. The lowest BCUT2D eigenvalue weighted by Gasteiger charge is -2.09. The van der Waals surface area contributed by atoms with Crippen LogP contribution in [0.3, 0.4) is 0 Å². The van der Waals surface area contributed by atoms with Crippen LogP contribution in [0.2, 0.25) is 0 Å². The number of benzene rings is 3. The maximum Gasteiger partial charge on any atom is 0.0934 e. The molecule has 134 valence electrons. The fraction of sp³-hybridized carbons (Fsp3) is 0.160. The molecule has 4 rings (SSSR count). The van der Waals surface area contributed by atoms with E-state index in [0.29, 0.717) is 0 Å². The third-order valence-corrected chi connectivity index (χ3v) is 5.32. The second-order valence-electron chi connectivity index (χ2n) is 7.26. The summed E-state index contributed by atoms with van der Waals surface area (Å²) < 4.78 is 2.05. The van der Waals surface area contributed by atoms with E-state index in [1.807, 2.05) is 6.07 Å². The molecule has 0 atom stereocenters. The summed E-state index contributed by atoms with van der Waals surface area (Å²) in [6.45, 7) is 8.60. The van der Waals surface area contributed by atoms with Gasteiger partial charge in [-0.05, 0) is 80.3 Å². The van der Waals surface area contributed by atoms with Crippen molar-refractivity contribution in [3.8, 4) is 28.2 Å². The Bertz CT molecular complexity index is 1100. The van der Waals surface area contributed by atoms with Crippen molar-refractivity contribution in [2.24, 2.45) is 0 Å². The van der Waals surface area contributed by atoms with Gasteiger partial charge in [-0.15, -0.1) is 0 Å². The fourth-order valence-electron chi connectivity index (χ4n) is 3.30. The van der Waals surface area contributed by atoms with Crippen LogP contribution < -0.4 is 0 Å². The summed E-state index contributed by atoms with van der Waals surface area (Å²) in [4.78, 5) is 0. The highest BCUT2D eigenvalue weighted by atomic mass is 15.3. The minimum atomic E-state index is 0.996. The average molecular weight is 352 g/mol. The molecule has 0 spiro atoms. The van der Waals surface area contributed by atoms with E-state index >= 15 is 0 Å². The number of aromatic nitrogens is 2. The van der Waals surface area contributed by atoms with Crippen molar-refractivity contribution in [2.45, 2.75) is 27.7 Å². The van der Waals surface area contributed by atoms with Crippen LogP contribution in [-0.2, 0) is 0 Å². The lowest BCUT2D eigenvalue weighted by Crippen LogP contribution is -1.99. The number of aryl methyl sites for hydroxylation is 4. The van der Waals surface area contributed by atoms with E-state index in [9.17, 15) is 0 Å². The molecule has 2 heteroatoms. The van der Waals surface area contributed by atoms with Crippen LogP contribution in [0.1, 0.15) is 22.3 Å². The molecular weight excluding hydrogens is 328 g/mol. The molecule has 0 radical (unpaired) electrons. The van der Waals surface area contributed by atoms with Crippen LogP contribution in [0.4, 0.5) is 0 Å². The standard InChI is InChI=1S/C25H24N2/c1-17-10-12-21(14-19(17)3)24-16-25(22-13-11-18(2)20(4)15-22)27(26-24)23-8-6-5-7-9-23/h5-16H,1-4H3. The SMILES string of the molecule is Cc1ccc(-c2cc(-c3ccc(C)c(C)c3)n(-c3ccccc3)n2)cc1C. The van der Waals surface area contributed by atoms with E-state index in [0.717, 1.165) is 22.6 Å². The molecule has 0 aliphatic carbocycles. The monoisotopic (exact) mass is 352 g/mol. The van der Waals surface area contributed by atoms with E-state index in [2.05, 4.69) is 99.1 Å². The number of nitrogens with zero attached hydrogens (tertiary/aromatic N) is 2. The lowest BCUT2D eigenvalue weighted by molar-refractivity contribution is 0.891. The summed E-state index contributed by atoms with van der Waals surface area (Å²) in [5, 5.41) is 4.97. The van der Waals surface area contributed by atoms with Gasteiger partial charge in [0, 0.05) is 11.1 Å². The summed E-state index contributed by atoms with van der Waals surface area (Å²) >= 11 is 0. The van der Waals surface area contributed by atoms with Gasteiger partial charge in [-0.3, -0.25) is 0 Å².